The van der Waals surface area contributed by atoms with Crippen LogP contribution < -0.4 is 5.32 Å². The highest BCUT2D eigenvalue weighted by atomic mass is 14.9. The van der Waals surface area contributed by atoms with Gasteiger partial charge in [-0.15, -0.1) is 0 Å². The Morgan fingerprint density at radius 2 is 1.90 bits per heavy atom. The minimum absolute atomic E-state index is 0.542. The Hall–Kier alpha value is -0.0400. The molecule has 1 heteroatoms. The number of rotatable bonds is 0. The molecule has 1 aliphatic heterocycles. The maximum atomic E-state index is 3.48. The van der Waals surface area contributed by atoms with E-state index < -0.39 is 0 Å². The van der Waals surface area contributed by atoms with Crippen LogP contribution in [-0.4, -0.2) is 13.1 Å². The first kappa shape index (κ1) is 8.06. The zero-order chi connectivity index (χ0) is 7.45. The molecule has 0 saturated carbocycles. The number of hydrogen-bond donors (Lipinski definition) is 1. The summed E-state index contributed by atoms with van der Waals surface area (Å²) < 4.78 is 0. The Kier molecular flexibility index (Phi) is 2.72. The molecule has 0 atom stereocenters. The largest absolute Gasteiger partial charge is 0.316 e. The van der Waals surface area contributed by atoms with E-state index in [1.165, 1.54) is 38.8 Å². The van der Waals surface area contributed by atoms with E-state index in [-0.39, 0.29) is 0 Å². The highest BCUT2D eigenvalue weighted by molar-refractivity contribution is 4.73. The van der Waals surface area contributed by atoms with Gasteiger partial charge in [0.1, 0.15) is 0 Å². The van der Waals surface area contributed by atoms with Crippen LogP contribution in [0.2, 0.25) is 0 Å². The molecule has 0 amide bonds. The quantitative estimate of drug-likeness (QED) is 0.545. The third-order valence-electron chi connectivity index (χ3n) is 2.31. The van der Waals surface area contributed by atoms with Gasteiger partial charge in [-0.25, -0.2) is 0 Å². The summed E-state index contributed by atoms with van der Waals surface area (Å²) in [6, 6.07) is 0. The van der Waals surface area contributed by atoms with Gasteiger partial charge < -0.3 is 5.32 Å². The lowest BCUT2D eigenvalue weighted by Crippen LogP contribution is -2.31. The van der Waals surface area contributed by atoms with E-state index in [1.54, 1.807) is 0 Å². The zero-order valence-corrected chi connectivity index (χ0v) is 7.24. The van der Waals surface area contributed by atoms with Gasteiger partial charge in [0.2, 0.25) is 0 Å². The van der Waals surface area contributed by atoms with E-state index in [2.05, 4.69) is 19.2 Å². The second-order valence-corrected chi connectivity index (χ2v) is 4.15. The van der Waals surface area contributed by atoms with Crippen molar-refractivity contribution in [3.63, 3.8) is 0 Å². The van der Waals surface area contributed by atoms with Crippen LogP contribution in [0.5, 0.6) is 0 Å². The molecule has 0 radical (unpaired) electrons. The van der Waals surface area contributed by atoms with E-state index in [9.17, 15) is 0 Å². The van der Waals surface area contributed by atoms with Gasteiger partial charge >= 0.3 is 0 Å². The lowest BCUT2D eigenvalue weighted by molar-refractivity contribution is 0.284. The molecule has 1 N–H and O–H groups in total. The second kappa shape index (κ2) is 3.38. The summed E-state index contributed by atoms with van der Waals surface area (Å²) >= 11 is 0. The van der Waals surface area contributed by atoms with Crippen LogP contribution in [0.15, 0.2) is 0 Å². The van der Waals surface area contributed by atoms with Crippen molar-refractivity contribution in [2.45, 2.75) is 39.5 Å². The van der Waals surface area contributed by atoms with Gasteiger partial charge in [0.25, 0.3) is 0 Å². The van der Waals surface area contributed by atoms with Gasteiger partial charge in [0.15, 0.2) is 0 Å². The Morgan fingerprint density at radius 3 is 2.70 bits per heavy atom. The van der Waals surface area contributed by atoms with E-state index in [0.29, 0.717) is 5.41 Å². The smallest absolute Gasteiger partial charge is 0.000252 e. The molecule has 0 aliphatic carbocycles. The van der Waals surface area contributed by atoms with Crippen LogP contribution in [0.1, 0.15) is 39.5 Å². The molecule has 60 valence electrons. The average molecular weight is 141 g/mol. The third kappa shape index (κ3) is 2.70. The zero-order valence-electron chi connectivity index (χ0n) is 7.24. The summed E-state index contributed by atoms with van der Waals surface area (Å²) in [5.74, 6) is 0. The maximum Gasteiger partial charge on any atom is 0.000252 e. The van der Waals surface area contributed by atoms with Crippen molar-refractivity contribution in [3.8, 4) is 0 Å². The molecule has 10 heavy (non-hydrogen) atoms. The Labute approximate surface area is 64.2 Å². The van der Waals surface area contributed by atoms with Crippen LogP contribution in [0.4, 0.5) is 0 Å². The highest BCUT2D eigenvalue weighted by Crippen LogP contribution is 2.23. The summed E-state index contributed by atoms with van der Waals surface area (Å²) in [7, 11) is 0. The van der Waals surface area contributed by atoms with Crippen molar-refractivity contribution in [2.75, 3.05) is 13.1 Å². The Morgan fingerprint density at radius 1 is 1.10 bits per heavy atom. The maximum absolute atomic E-state index is 3.48. The van der Waals surface area contributed by atoms with Gasteiger partial charge in [-0.3, -0.25) is 0 Å². The summed E-state index contributed by atoms with van der Waals surface area (Å²) in [5, 5.41) is 3.48. The fourth-order valence-corrected chi connectivity index (χ4v) is 1.55. The van der Waals surface area contributed by atoms with Crippen LogP contribution in [0.25, 0.3) is 0 Å². The van der Waals surface area contributed by atoms with Gasteiger partial charge in [-0.1, -0.05) is 26.7 Å². The van der Waals surface area contributed by atoms with Crippen molar-refractivity contribution in [3.05, 3.63) is 0 Å². The molecule has 1 aliphatic rings. The van der Waals surface area contributed by atoms with E-state index in [0.717, 1.165) is 0 Å². The van der Waals surface area contributed by atoms with Crippen LogP contribution in [0.3, 0.4) is 0 Å². The monoisotopic (exact) mass is 141 g/mol. The van der Waals surface area contributed by atoms with Crippen LogP contribution in [-0.2, 0) is 0 Å². The summed E-state index contributed by atoms with van der Waals surface area (Å²) in [5.41, 5.74) is 0.542. The number of nitrogens with one attached hydrogen (secondary N) is 1. The molecule has 1 saturated heterocycles. The minimum Gasteiger partial charge on any atom is -0.316 e. The van der Waals surface area contributed by atoms with Gasteiger partial charge in [0.05, 0.1) is 0 Å². The Balaban J connectivity index is 2.30. The van der Waals surface area contributed by atoms with Gasteiger partial charge in [0, 0.05) is 6.54 Å². The van der Waals surface area contributed by atoms with Gasteiger partial charge in [-0.05, 0) is 24.8 Å². The van der Waals surface area contributed by atoms with Crippen molar-refractivity contribution in [1.29, 1.82) is 0 Å². The first-order valence-electron chi connectivity index (χ1n) is 4.41. The van der Waals surface area contributed by atoms with E-state index in [1.807, 2.05) is 0 Å². The predicted molar refractivity (Wildman–Crippen MR) is 45.1 cm³/mol. The summed E-state index contributed by atoms with van der Waals surface area (Å²) in [6.45, 7) is 7.13. The Bertz CT molecular complexity index is 86.9. The van der Waals surface area contributed by atoms with Gasteiger partial charge in [-0.2, -0.15) is 0 Å². The molecule has 0 aromatic carbocycles. The van der Waals surface area contributed by atoms with Crippen LogP contribution >= 0.6 is 0 Å². The standard InChI is InChI=1S/C9H19N/c1-9(2)6-4-3-5-7-10-8-9/h10H,3-8H2,1-2H3. The normalized spacial score (nSPS) is 27.0. The average Bonchev–Trinajstić information content (AvgIpc) is 1.81. The molecular formula is C9H19N. The van der Waals surface area contributed by atoms with Crippen molar-refractivity contribution >= 4 is 0 Å². The van der Waals surface area contributed by atoms with Crippen molar-refractivity contribution in [2.24, 2.45) is 5.41 Å². The highest BCUT2D eigenvalue weighted by Gasteiger charge is 2.17. The molecule has 1 heterocycles. The lowest BCUT2D eigenvalue weighted by Gasteiger charge is -2.27. The lowest BCUT2D eigenvalue weighted by atomic mass is 9.86. The molecule has 0 aromatic heterocycles. The molecule has 0 aromatic rings. The predicted octanol–water partition coefficient (Wildman–Crippen LogP) is 2.18. The fraction of sp³-hybridized carbons (Fsp3) is 1.00. The first-order valence-corrected chi connectivity index (χ1v) is 4.41. The van der Waals surface area contributed by atoms with E-state index in [4.69, 9.17) is 0 Å². The first-order chi connectivity index (χ1) is 4.71. The summed E-state index contributed by atoms with van der Waals surface area (Å²) in [6.07, 6.45) is 5.60. The molecule has 1 nitrogen and oxygen atoms in total. The SMILES string of the molecule is CC1(C)CCCCCNC1. The second-order valence-electron chi connectivity index (χ2n) is 4.15. The molecule has 1 fully saturated rings. The van der Waals surface area contributed by atoms with Crippen molar-refractivity contribution in [1.82, 2.24) is 5.32 Å². The summed E-state index contributed by atoms with van der Waals surface area (Å²) in [4.78, 5) is 0. The molecule has 0 unspecified atom stereocenters. The molecule has 0 spiro atoms. The molecular weight excluding hydrogens is 122 g/mol. The topological polar surface area (TPSA) is 12.0 Å². The minimum atomic E-state index is 0.542. The van der Waals surface area contributed by atoms with E-state index >= 15 is 0 Å². The molecule has 1 rings (SSSR count). The number of hydrogen-bond acceptors (Lipinski definition) is 1. The third-order valence-corrected chi connectivity index (χ3v) is 2.31. The van der Waals surface area contributed by atoms with Crippen molar-refractivity contribution < 1.29 is 0 Å². The van der Waals surface area contributed by atoms with Crippen LogP contribution in [0, 0.1) is 5.41 Å². The molecule has 0 bridgehead atoms. The fourth-order valence-electron chi connectivity index (χ4n) is 1.55.